The molecule has 4 nitrogen and oxygen atoms in total. The van der Waals surface area contributed by atoms with Gasteiger partial charge in [-0.2, -0.15) is 0 Å². The lowest BCUT2D eigenvalue weighted by Crippen LogP contribution is -2.35. The van der Waals surface area contributed by atoms with Crippen molar-refractivity contribution in [2.45, 2.75) is 26.0 Å². The Labute approximate surface area is 131 Å². The molecule has 116 valence electrons. The highest BCUT2D eigenvalue weighted by molar-refractivity contribution is 5.85. The maximum atomic E-state index is 9.89. The van der Waals surface area contributed by atoms with Crippen LogP contribution in [0.1, 0.15) is 13.8 Å². The first kappa shape index (κ1) is 17.6. The molecular weight excluding hydrogens is 288 g/mol. The SMILES string of the molecule is CC(C)NCC(O)COc1ccccc1-c1ccc[nH]1.Cl. The summed E-state index contributed by atoms with van der Waals surface area (Å²) in [5, 5.41) is 13.1. The van der Waals surface area contributed by atoms with Crippen LogP contribution in [-0.4, -0.2) is 35.4 Å². The summed E-state index contributed by atoms with van der Waals surface area (Å²) < 4.78 is 5.75. The number of aromatic nitrogens is 1. The number of nitrogens with one attached hydrogen (secondary N) is 2. The Morgan fingerprint density at radius 2 is 1.95 bits per heavy atom. The summed E-state index contributed by atoms with van der Waals surface area (Å²) >= 11 is 0. The Morgan fingerprint density at radius 1 is 1.19 bits per heavy atom. The van der Waals surface area contributed by atoms with E-state index in [4.69, 9.17) is 4.74 Å². The smallest absolute Gasteiger partial charge is 0.128 e. The number of H-pyrrole nitrogens is 1. The van der Waals surface area contributed by atoms with Crippen molar-refractivity contribution in [3.05, 3.63) is 42.6 Å². The fraction of sp³-hybridized carbons (Fsp3) is 0.375. The second-order valence-electron chi connectivity index (χ2n) is 5.11. The summed E-state index contributed by atoms with van der Waals surface area (Å²) in [5.41, 5.74) is 2.01. The van der Waals surface area contributed by atoms with Crippen LogP contribution in [0.2, 0.25) is 0 Å². The number of aliphatic hydroxyl groups is 1. The molecule has 2 aromatic rings. The minimum atomic E-state index is -0.519. The maximum Gasteiger partial charge on any atom is 0.128 e. The Kier molecular flexibility index (Phi) is 7.29. The molecule has 2 rings (SSSR count). The second kappa shape index (κ2) is 8.72. The summed E-state index contributed by atoms with van der Waals surface area (Å²) in [4.78, 5) is 3.17. The zero-order valence-corrected chi connectivity index (χ0v) is 13.2. The average molecular weight is 311 g/mol. The predicted molar refractivity (Wildman–Crippen MR) is 88.1 cm³/mol. The van der Waals surface area contributed by atoms with Crippen LogP contribution >= 0.6 is 12.4 Å². The van der Waals surface area contributed by atoms with E-state index in [1.54, 1.807) is 0 Å². The number of aromatic amines is 1. The molecule has 0 saturated carbocycles. The van der Waals surface area contributed by atoms with E-state index < -0.39 is 6.10 Å². The molecule has 21 heavy (non-hydrogen) atoms. The molecule has 0 amide bonds. The molecular formula is C16H23ClN2O2. The van der Waals surface area contributed by atoms with E-state index in [-0.39, 0.29) is 19.0 Å². The van der Waals surface area contributed by atoms with E-state index >= 15 is 0 Å². The van der Waals surface area contributed by atoms with Gasteiger partial charge >= 0.3 is 0 Å². The van der Waals surface area contributed by atoms with Crippen molar-refractivity contribution < 1.29 is 9.84 Å². The average Bonchev–Trinajstić information content (AvgIpc) is 2.97. The zero-order chi connectivity index (χ0) is 14.4. The molecule has 0 radical (unpaired) electrons. The monoisotopic (exact) mass is 310 g/mol. The Balaban J connectivity index is 0.00000220. The second-order valence-corrected chi connectivity index (χ2v) is 5.11. The molecule has 0 aliphatic carbocycles. The summed E-state index contributed by atoms with van der Waals surface area (Å²) in [6, 6.07) is 12.1. The van der Waals surface area contributed by atoms with E-state index in [1.807, 2.05) is 56.4 Å². The van der Waals surface area contributed by atoms with E-state index in [0.717, 1.165) is 17.0 Å². The number of hydrogen-bond acceptors (Lipinski definition) is 3. The molecule has 1 heterocycles. The van der Waals surface area contributed by atoms with Crippen LogP contribution in [0, 0.1) is 0 Å². The molecule has 0 fully saturated rings. The maximum absolute atomic E-state index is 9.89. The largest absolute Gasteiger partial charge is 0.490 e. The molecule has 3 N–H and O–H groups in total. The highest BCUT2D eigenvalue weighted by atomic mass is 35.5. The third-order valence-electron chi connectivity index (χ3n) is 2.97. The first-order chi connectivity index (χ1) is 9.66. The minimum absolute atomic E-state index is 0. The van der Waals surface area contributed by atoms with Gasteiger partial charge in [0.2, 0.25) is 0 Å². The Morgan fingerprint density at radius 3 is 2.62 bits per heavy atom. The van der Waals surface area contributed by atoms with Crippen molar-refractivity contribution >= 4 is 12.4 Å². The fourth-order valence-corrected chi connectivity index (χ4v) is 1.93. The van der Waals surface area contributed by atoms with Gasteiger partial charge in [-0.1, -0.05) is 26.0 Å². The lowest BCUT2D eigenvalue weighted by Gasteiger charge is -2.16. The van der Waals surface area contributed by atoms with E-state index in [9.17, 15) is 5.11 Å². The molecule has 1 aromatic heterocycles. The summed E-state index contributed by atoms with van der Waals surface area (Å²) in [6.45, 7) is 4.90. The molecule has 1 unspecified atom stereocenters. The highest BCUT2D eigenvalue weighted by Gasteiger charge is 2.09. The molecule has 0 bridgehead atoms. The van der Waals surface area contributed by atoms with Gasteiger partial charge in [-0.3, -0.25) is 0 Å². The molecule has 1 aromatic carbocycles. The van der Waals surface area contributed by atoms with Gasteiger partial charge in [-0.05, 0) is 24.3 Å². The summed E-state index contributed by atoms with van der Waals surface area (Å²) in [7, 11) is 0. The first-order valence-electron chi connectivity index (χ1n) is 6.94. The summed E-state index contributed by atoms with van der Waals surface area (Å²) in [6.07, 6.45) is 1.36. The number of hydrogen-bond donors (Lipinski definition) is 3. The molecule has 0 aliphatic rings. The van der Waals surface area contributed by atoms with E-state index in [1.165, 1.54) is 0 Å². The Hall–Kier alpha value is -1.49. The van der Waals surface area contributed by atoms with Gasteiger partial charge in [0.25, 0.3) is 0 Å². The predicted octanol–water partition coefficient (Wildman–Crippen LogP) is 2.84. The lowest BCUT2D eigenvalue weighted by atomic mass is 10.1. The van der Waals surface area contributed by atoms with E-state index in [0.29, 0.717) is 12.6 Å². The van der Waals surface area contributed by atoms with Crippen LogP contribution in [0.4, 0.5) is 0 Å². The van der Waals surface area contributed by atoms with Gasteiger partial charge in [0.05, 0.1) is 0 Å². The van der Waals surface area contributed by atoms with Gasteiger partial charge < -0.3 is 20.1 Å². The number of benzene rings is 1. The third-order valence-corrected chi connectivity index (χ3v) is 2.97. The van der Waals surface area contributed by atoms with Crippen molar-refractivity contribution in [3.63, 3.8) is 0 Å². The van der Waals surface area contributed by atoms with Crippen LogP contribution in [0.25, 0.3) is 11.3 Å². The van der Waals surface area contributed by atoms with Crippen molar-refractivity contribution in [1.82, 2.24) is 10.3 Å². The molecule has 5 heteroatoms. The molecule has 0 saturated heterocycles. The first-order valence-corrected chi connectivity index (χ1v) is 6.94. The highest BCUT2D eigenvalue weighted by Crippen LogP contribution is 2.28. The van der Waals surface area contributed by atoms with Crippen molar-refractivity contribution in [1.29, 1.82) is 0 Å². The van der Waals surface area contributed by atoms with Gasteiger partial charge in [0, 0.05) is 30.0 Å². The van der Waals surface area contributed by atoms with Crippen molar-refractivity contribution in [3.8, 4) is 17.0 Å². The number of aliphatic hydroxyl groups excluding tert-OH is 1. The van der Waals surface area contributed by atoms with Crippen LogP contribution < -0.4 is 10.1 Å². The van der Waals surface area contributed by atoms with Crippen molar-refractivity contribution in [2.75, 3.05) is 13.2 Å². The fourth-order valence-electron chi connectivity index (χ4n) is 1.93. The van der Waals surface area contributed by atoms with Gasteiger partial charge in [-0.25, -0.2) is 0 Å². The number of halogens is 1. The normalized spacial score (nSPS) is 12.0. The summed E-state index contributed by atoms with van der Waals surface area (Å²) in [5.74, 6) is 0.776. The molecule has 0 spiro atoms. The molecule has 1 atom stereocenters. The van der Waals surface area contributed by atoms with Crippen LogP contribution in [0.15, 0.2) is 42.6 Å². The minimum Gasteiger partial charge on any atom is -0.490 e. The standard InChI is InChI=1S/C16H22N2O2.ClH/c1-12(2)18-10-13(19)11-20-16-8-4-3-6-14(16)15-7-5-9-17-15;/h3-9,12-13,17-19H,10-11H2,1-2H3;1H. The van der Waals surface area contributed by atoms with E-state index in [2.05, 4.69) is 10.3 Å². The van der Waals surface area contributed by atoms with Crippen molar-refractivity contribution in [2.24, 2.45) is 0 Å². The van der Waals surface area contributed by atoms with Gasteiger partial charge in [0.15, 0.2) is 0 Å². The lowest BCUT2D eigenvalue weighted by molar-refractivity contribution is 0.105. The number of ether oxygens (including phenoxy) is 1. The van der Waals surface area contributed by atoms with Crippen LogP contribution in [0.3, 0.4) is 0 Å². The quantitative estimate of drug-likeness (QED) is 0.737. The Bertz CT molecular complexity index is 515. The number of para-hydroxylation sites is 1. The van der Waals surface area contributed by atoms with Crippen LogP contribution in [-0.2, 0) is 0 Å². The number of rotatable bonds is 7. The topological polar surface area (TPSA) is 57.3 Å². The van der Waals surface area contributed by atoms with Gasteiger partial charge in [-0.15, -0.1) is 12.4 Å². The third kappa shape index (κ3) is 5.42. The zero-order valence-electron chi connectivity index (χ0n) is 12.4. The van der Waals surface area contributed by atoms with Crippen LogP contribution in [0.5, 0.6) is 5.75 Å². The van der Waals surface area contributed by atoms with Gasteiger partial charge in [0.1, 0.15) is 18.5 Å². The molecule has 0 aliphatic heterocycles.